The van der Waals surface area contributed by atoms with E-state index in [4.69, 9.17) is 32.9 Å². The fourth-order valence-electron chi connectivity index (χ4n) is 6.90. The summed E-state index contributed by atoms with van der Waals surface area (Å²) in [5.74, 6) is 0. The molecule has 8 nitrogen and oxygen atoms in total. The second kappa shape index (κ2) is 16.4. The van der Waals surface area contributed by atoms with Crippen molar-refractivity contribution in [3.8, 4) is 0 Å². The number of hydrogen-bond acceptors (Lipinski definition) is 8. The first-order chi connectivity index (χ1) is 25.7. The van der Waals surface area contributed by atoms with Crippen LogP contribution in [0.2, 0.25) is 78.6 Å². The lowest BCUT2D eigenvalue weighted by molar-refractivity contribution is 0.104. The van der Waals surface area contributed by atoms with Gasteiger partial charge in [0.25, 0.3) is 0 Å². The zero-order chi connectivity index (χ0) is 41.6. The fraction of sp³-hybridized carbons (Fsp3) is 0.400. The Morgan fingerprint density at radius 3 is 0.607 bits per heavy atom. The van der Waals surface area contributed by atoms with E-state index in [-0.39, 0.29) is 0 Å². The summed E-state index contributed by atoms with van der Waals surface area (Å²) in [5, 5.41) is 3.39. The molecule has 5 rings (SSSR count). The molecule has 0 bridgehead atoms. The quantitative estimate of drug-likeness (QED) is 0.132. The molecule has 0 spiro atoms. The predicted octanol–water partition coefficient (Wildman–Crippen LogP) is 8.09. The van der Waals surface area contributed by atoms with Crippen LogP contribution in [-0.2, 0) is 32.9 Å². The van der Waals surface area contributed by atoms with Gasteiger partial charge in [0.1, 0.15) is 0 Å². The van der Waals surface area contributed by atoms with Crippen molar-refractivity contribution in [1.82, 2.24) is 0 Å². The third kappa shape index (κ3) is 10.5. The molecule has 304 valence electrons. The summed E-state index contributed by atoms with van der Waals surface area (Å²) in [5.41, 5.74) is 3.94. The van der Waals surface area contributed by atoms with Crippen LogP contribution in [0.15, 0.2) is 97.1 Å². The first-order valence-corrected chi connectivity index (χ1v) is 40.1. The normalized spacial score (nSPS) is 25.4. The Balaban J connectivity index is 2.10. The third-order valence-corrected chi connectivity index (χ3v) is 36.3. The van der Waals surface area contributed by atoms with E-state index in [9.17, 15) is 0 Å². The fourth-order valence-corrected chi connectivity index (χ4v) is 40.7. The van der Waals surface area contributed by atoms with E-state index in [1.165, 1.54) is 0 Å². The molecule has 1 heterocycles. The van der Waals surface area contributed by atoms with E-state index < -0.39 is 68.5 Å². The highest BCUT2D eigenvalue weighted by atomic mass is 28.6. The van der Waals surface area contributed by atoms with Crippen molar-refractivity contribution in [2.24, 2.45) is 0 Å². The predicted molar refractivity (Wildman–Crippen MR) is 248 cm³/mol. The molecule has 1 fully saturated rings. The van der Waals surface area contributed by atoms with Crippen LogP contribution in [0.1, 0.15) is 22.3 Å². The van der Waals surface area contributed by atoms with Crippen molar-refractivity contribution in [3.05, 3.63) is 119 Å². The number of benzene rings is 4. The molecule has 1 aliphatic rings. The zero-order valence-electron chi connectivity index (χ0n) is 36.5. The van der Waals surface area contributed by atoms with Crippen LogP contribution in [0.3, 0.4) is 0 Å². The van der Waals surface area contributed by atoms with E-state index >= 15 is 0 Å². The molecular formula is C40H64O8Si8. The van der Waals surface area contributed by atoms with Crippen LogP contribution in [-0.4, -0.2) is 68.5 Å². The van der Waals surface area contributed by atoms with Gasteiger partial charge in [-0.1, -0.05) is 97.1 Å². The summed E-state index contributed by atoms with van der Waals surface area (Å²) < 4.78 is 63.0. The van der Waals surface area contributed by atoms with Crippen LogP contribution < -0.4 is 20.7 Å². The summed E-state index contributed by atoms with van der Waals surface area (Å²) in [6, 6.07) is 33.0. The number of aryl methyl sites for hydroxylation is 4. The number of hydrogen-bond donors (Lipinski definition) is 0. The van der Waals surface area contributed by atoms with Gasteiger partial charge in [0.05, 0.1) is 0 Å². The molecule has 0 aromatic heterocycles. The van der Waals surface area contributed by atoms with Crippen molar-refractivity contribution in [1.29, 1.82) is 0 Å². The van der Waals surface area contributed by atoms with E-state index in [0.29, 0.717) is 0 Å². The van der Waals surface area contributed by atoms with Gasteiger partial charge < -0.3 is 32.9 Å². The van der Waals surface area contributed by atoms with Gasteiger partial charge in [-0.3, -0.25) is 0 Å². The minimum Gasteiger partial charge on any atom is -0.413 e. The third-order valence-electron chi connectivity index (χ3n) is 8.74. The minimum atomic E-state index is -4.23. The van der Waals surface area contributed by atoms with Crippen LogP contribution in [0.25, 0.3) is 0 Å². The Bertz CT molecular complexity index is 1710. The summed E-state index contributed by atoms with van der Waals surface area (Å²) in [4.78, 5) is 0. The second-order valence-electron chi connectivity index (χ2n) is 18.8. The summed E-state index contributed by atoms with van der Waals surface area (Å²) in [6.07, 6.45) is 0. The minimum absolute atomic E-state index is 0.847. The van der Waals surface area contributed by atoms with Crippen molar-refractivity contribution in [2.75, 3.05) is 0 Å². The molecule has 0 N–H and O–H groups in total. The topological polar surface area (TPSA) is 73.8 Å². The first kappa shape index (κ1) is 45.4. The lowest BCUT2D eigenvalue weighted by Gasteiger charge is -2.54. The van der Waals surface area contributed by atoms with Gasteiger partial charge >= 0.3 is 35.2 Å². The highest BCUT2D eigenvalue weighted by Gasteiger charge is 2.73. The van der Waals surface area contributed by atoms with E-state index in [0.717, 1.165) is 43.0 Å². The lowest BCUT2D eigenvalue weighted by Crippen LogP contribution is -2.85. The van der Waals surface area contributed by atoms with E-state index in [2.05, 4.69) is 155 Å². The Kier molecular flexibility index (Phi) is 13.3. The average molecular weight is 898 g/mol. The molecule has 0 unspecified atom stereocenters. The highest BCUT2D eigenvalue weighted by Crippen LogP contribution is 2.39. The van der Waals surface area contributed by atoms with Crippen molar-refractivity contribution < 1.29 is 32.9 Å². The van der Waals surface area contributed by atoms with Gasteiger partial charge in [0.15, 0.2) is 33.3 Å². The molecule has 0 aliphatic carbocycles. The monoisotopic (exact) mass is 896 g/mol. The molecule has 0 radical (unpaired) electrons. The Hall–Kier alpha value is -1.70. The van der Waals surface area contributed by atoms with Crippen LogP contribution in [0.4, 0.5) is 0 Å². The summed E-state index contributed by atoms with van der Waals surface area (Å²) in [6.45, 7) is 34.6. The first-order valence-electron chi connectivity index (χ1n) is 19.6. The molecule has 4 aromatic carbocycles. The SMILES string of the molecule is Cc1ccccc1[Si]1(O[Si](C)(C)C)O[Si](O[Si](C)(C)C)(c2ccccc2C)O[Si](O[Si](C)(C)C)(c2ccccc2C)O[Si](O[Si](C)(C)C)(c2ccccc2C)O1. The van der Waals surface area contributed by atoms with Gasteiger partial charge in [0, 0.05) is 20.7 Å². The standard InChI is InChI=1S/C40H64O8Si8/c1-33-25-17-21-29-37(33)53(41-49(5,6)7)45-54(42-50(8,9)10,38-30-22-18-26-34(38)2)47-56(44-52(14,15)16,40-32-24-20-28-36(40)4)48-55(46-53,43-51(11,12)13)39-31-23-19-27-35(39)3/h17-32H,1-16H3. The average Bonchev–Trinajstić information content (AvgIpc) is 3.01. The largest absolute Gasteiger partial charge is 0.512 e. The smallest absolute Gasteiger partial charge is 0.413 e. The Morgan fingerprint density at radius 2 is 0.464 bits per heavy atom. The highest BCUT2D eigenvalue weighted by molar-refractivity contribution is 7.06. The molecule has 0 saturated carbocycles. The summed E-state index contributed by atoms with van der Waals surface area (Å²) in [7, 11) is -27.1. The Morgan fingerprint density at radius 1 is 0.304 bits per heavy atom. The lowest BCUT2D eigenvalue weighted by atomic mass is 10.2. The van der Waals surface area contributed by atoms with Crippen LogP contribution in [0, 0.1) is 27.7 Å². The van der Waals surface area contributed by atoms with E-state index in [1.807, 2.05) is 48.5 Å². The van der Waals surface area contributed by atoms with Crippen molar-refractivity contribution in [2.45, 2.75) is 106 Å². The molecule has 0 amide bonds. The van der Waals surface area contributed by atoms with Gasteiger partial charge in [-0.25, -0.2) is 0 Å². The molecule has 1 aliphatic heterocycles. The van der Waals surface area contributed by atoms with Gasteiger partial charge in [0.2, 0.25) is 0 Å². The van der Waals surface area contributed by atoms with Gasteiger partial charge in [-0.05, 0) is 129 Å². The maximum absolute atomic E-state index is 8.13. The second-order valence-corrected chi connectivity index (χ2v) is 48.8. The molecular weight excluding hydrogens is 833 g/mol. The molecule has 16 heteroatoms. The van der Waals surface area contributed by atoms with E-state index in [1.54, 1.807) is 0 Å². The molecule has 56 heavy (non-hydrogen) atoms. The van der Waals surface area contributed by atoms with Crippen LogP contribution >= 0.6 is 0 Å². The molecule has 1 saturated heterocycles. The van der Waals surface area contributed by atoms with Crippen molar-refractivity contribution in [3.63, 3.8) is 0 Å². The van der Waals surface area contributed by atoms with Gasteiger partial charge in [-0.2, -0.15) is 0 Å². The molecule has 0 atom stereocenters. The maximum atomic E-state index is 8.13. The maximum Gasteiger partial charge on any atom is 0.512 e. The van der Waals surface area contributed by atoms with Crippen LogP contribution in [0.5, 0.6) is 0 Å². The van der Waals surface area contributed by atoms with Gasteiger partial charge in [-0.15, -0.1) is 0 Å². The zero-order valence-corrected chi connectivity index (χ0v) is 44.5. The Labute approximate surface area is 345 Å². The van der Waals surface area contributed by atoms with Crippen molar-refractivity contribution >= 4 is 89.2 Å². The number of rotatable bonds is 12. The summed E-state index contributed by atoms with van der Waals surface area (Å²) >= 11 is 0. The molecule has 4 aromatic rings.